The average Bonchev–Trinajstić information content (AvgIpc) is 2.84. The molecule has 6 heteroatoms. The molecule has 0 aromatic carbocycles. The molecular weight excluding hydrogens is 258 g/mol. The van der Waals surface area contributed by atoms with E-state index in [4.69, 9.17) is 4.74 Å². The lowest BCUT2D eigenvalue weighted by atomic mass is 9.92. The SMILES string of the molecule is CCOC(=O)c1nnn(C2CCCCC2O)c1C(C)C. The van der Waals surface area contributed by atoms with E-state index >= 15 is 0 Å². The number of aliphatic hydroxyl groups excluding tert-OH is 1. The molecule has 0 spiro atoms. The van der Waals surface area contributed by atoms with Crippen LogP contribution >= 0.6 is 0 Å². The second kappa shape index (κ2) is 6.35. The maximum absolute atomic E-state index is 11.9. The van der Waals surface area contributed by atoms with Gasteiger partial charge in [-0.25, -0.2) is 9.48 Å². The first-order chi connectivity index (χ1) is 9.56. The standard InChI is InChI=1S/C14H23N3O3/c1-4-20-14(19)12-13(9(2)3)17(16-15-12)10-7-5-6-8-11(10)18/h9-11,18H,4-8H2,1-3H3. The van der Waals surface area contributed by atoms with Gasteiger partial charge in [0.15, 0.2) is 5.69 Å². The predicted octanol–water partition coefficient (Wildman–Crippen LogP) is 2.05. The molecule has 1 fully saturated rings. The molecule has 20 heavy (non-hydrogen) atoms. The summed E-state index contributed by atoms with van der Waals surface area (Å²) in [6.45, 7) is 6.07. The third-order valence-corrected chi connectivity index (χ3v) is 3.75. The third-order valence-electron chi connectivity index (χ3n) is 3.75. The van der Waals surface area contributed by atoms with E-state index in [1.54, 1.807) is 11.6 Å². The molecule has 1 saturated carbocycles. The Kier molecular flexibility index (Phi) is 4.75. The zero-order valence-corrected chi connectivity index (χ0v) is 12.4. The Bertz CT molecular complexity index is 470. The van der Waals surface area contributed by atoms with E-state index < -0.39 is 12.1 Å². The molecule has 0 aliphatic heterocycles. The summed E-state index contributed by atoms with van der Waals surface area (Å²) in [4.78, 5) is 11.9. The maximum Gasteiger partial charge on any atom is 0.360 e. The molecule has 1 heterocycles. The second-order valence-electron chi connectivity index (χ2n) is 5.56. The van der Waals surface area contributed by atoms with Gasteiger partial charge in [-0.15, -0.1) is 5.10 Å². The first-order valence-electron chi connectivity index (χ1n) is 7.36. The van der Waals surface area contributed by atoms with Crippen LogP contribution in [0.4, 0.5) is 0 Å². The molecule has 0 saturated heterocycles. The summed E-state index contributed by atoms with van der Waals surface area (Å²) in [6.07, 6.45) is 3.32. The highest BCUT2D eigenvalue weighted by Crippen LogP contribution is 2.31. The van der Waals surface area contributed by atoms with E-state index in [0.717, 1.165) is 31.4 Å². The Morgan fingerprint density at radius 2 is 2.15 bits per heavy atom. The fourth-order valence-corrected chi connectivity index (χ4v) is 2.81. The number of nitrogens with zero attached hydrogens (tertiary/aromatic N) is 3. The molecule has 1 aliphatic rings. The molecule has 1 aromatic heterocycles. The normalized spacial score (nSPS) is 23.1. The summed E-state index contributed by atoms with van der Waals surface area (Å²) >= 11 is 0. The summed E-state index contributed by atoms with van der Waals surface area (Å²) in [5, 5.41) is 18.3. The average molecular weight is 281 g/mol. The van der Waals surface area contributed by atoms with Crippen LogP contribution in [0.15, 0.2) is 0 Å². The predicted molar refractivity (Wildman–Crippen MR) is 73.6 cm³/mol. The number of hydrogen-bond donors (Lipinski definition) is 1. The zero-order chi connectivity index (χ0) is 14.7. The van der Waals surface area contributed by atoms with Gasteiger partial charge in [-0.3, -0.25) is 0 Å². The van der Waals surface area contributed by atoms with Crippen LogP contribution in [-0.2, 0) is 4.74 Å². The number of aliphatic hydroxyl groups is 1. The minimum Gasteiger partial charge on any atom is -0.461 e. The Morgan fingerprint density at radius 1 is 1.45 bits per heavy atom. The lowest BCUT2D eigenvalue weighted by molar-refractivity contribution is 0.0514. The molecule has 1 aliphatic carbocycles. The summed E-state index contributed by atoms with van der Waals surface area (Å²) < 4.78 is 6.77. The first kappa shape index (κ1) is 15.0. The van der Waals surface area contributed by atoms with Crippen molar-refractivity contribution in [1.82, 2.24) is 15.0 Å². The fraction of sp³-hybridized carbons (Fsp3) is 0.786. The highest BCUT2D eigenvalue weighted by atomic mass is 16.5. The molecule has 2 atom stereocenters. The van der Waals surface area contributed by atoms with Crippen LogP contribution in [0.1, 0.15) is 74.6 Å². The Morgan fingerprint density at radius 3 is 2.75 bits per heavy atom. The molecule has 0 bridgehead atoms. The molecule has 2 unspecified atom stereocenters. The van der Waals surface area contributed by atoms with Crippen LogP contribution in [0.2, 0.25) is 0 Å². The summed E-state index contributed by atoms with van der Waals surface area (Å²) in [6, 6.07) is -0.0863. The van der Waals surface area contributed by atoms with Crippen molar-refractivity contribution in [3.8, 4) is 0 Å². The van der Waals surface area contributed by atoms with E-state index in [9.17, 15) is 9.90 Å². The highest BCUT2D eigenvalue weighted by Gasteiger charge is 2.31. The monoisotopic (exact) mass is 281 g/mol. The van der Waals surface area contributed by atoms with Crippen molar-refractivity contribution in [3.63, 3.8) is 0 Å². The van der Waals surface area contributed by atoms with Gasteiger partial charge in [-0.1, -0.05) is 31.9 Å². The second-order valence-corrected chi connectivity index (χ2v) is 5.56. The Labute approximate surface area is 119 Å². The molecule has 1 aromatic rings. The highest BCUT2D eigenvalue weighted by molar-refractivity contribution is 5.88. The zero-order valence-electron chi connectivity index (χ0n) is 12.4. The number of carbonyl (C=O) groups is 1. The summed E-state index contributed by atoms with van der Waals surface area (Å²) in [5.74, 6) is -0.341. The summed E-state index contributed by atoms with van der Waals surface area (Å²) in [7, 11) is 0. The molecule has 1 N–H and O–H groups in total. The van der Waals surface area contributed by atoms with Crippen molar-refractivity contribution in [2.24, 2.45) is 0 Å². The van der Waals surface area contributed by atoms with Gasteiger partial charge >= 0.3 is 5.97 Å². The first-order valence-corrected chi connectivity index (χ1v) is 7.36. The minimum atomic E-state index is -0.437. The number of esters is 1. The largest absolute Gasteiger partial charge is 0.461 e. The summed E-state index contributed by atoms with van der Waals surface area (Å²) in [5.41, 5.74) is 1.04. The van der Waals surface area contributed by atoms with Crippen molar-refractivity contribution in [1.29, 1.82) is 0 Å². The van der Waals surface area contributed by atoms with Gasteiger partial charge < -0.3 is 9.84 Å². The van der Waals surface area contributed by atoms with Gasteiger partial charge in [-0.05, 0) is 25.7 Å². The Hall–Kier alpha value is -1.43. The molecule has 0 radical (unpaired) electrons. The number of ether oxygens (including phenoxy) is 1. The van der Waals surface area contributed by atoms with Crippen LogP contribution in [-0.4, -0.2) is 38.8 Å². The van der Waals surface area contributed by atoms with Gasteiger partial charge in [-0.2, -0.15) is 0 Å². The molecule has 2 rings (SSSR count). The van der Waals surface area contributed by atoms with Crippen LogP contribution < -0.4 is 0 Å². The van der Waals surface area contributed by atoms with Gasteiger partial charge in [0.05, 0.1) is 24.4 Å². The number of aromatic nitrogens is 3. The quantitative estimate of drug-likeness (QED) is 0.855. The topological polar surface area (TPSA) is 77.2 Å². The van der Waals surface area contributed by atoms with E-state index in [-0.39, 0.29) is 17.7 Å². The van der Waals surface area contributed by atoms with Crippen LogP contribution in [0, 0.1) is 0 Å². The smallest absolute Gasteiger partial charge is 0.360 e. The van der Waals surface area contributed by atoms with Crippen LogP contribution in [0.25, 0.3) is 0 Å². The van der Waals surface area contributed by atoms with Crippen molar-refractivity contribution in [3.05, 3.63) is 11.4 Å². The molecule has 112 valence electrons. The van der Waals surface area contributed by atoms with Crippen molar-refractivity contribution >= 4 is 5.97 Å². The van der Waals surface area contributed by atoms with Gasteiger partial charge in [0.25, 0.3) is 0 Å². The third kappa shape index (κ3) is 2.85. The lowest BCUT2D eigenvalue weighted by Crippen LogP contribution is -2.30. The van der Waals surface area contributed by atoms with E-state index in [1.807, 2.05) is 13.8 Å². The van der Waals surface area contributed by atoms with Crippen molar-refractivity contribution in [2.45, 2.75) is 64.5 Å². The van der Waals surface area contributed by atoms with E-state index in [0.29, 0.717) is 6.61 Å². The van der Waals surface area contributed by atoms with Crippen LogP contribution in [0.3, 0.4) is 0 Å². The number of hydrogen-bond acceptors (Lipinski definition) is 5. The maximum atomic E-state index is 11.9. The van der Waals surface area contributed by atoms with Gasteiger partial charge in [0.1, 0.15) is 0 Å². The molecule has 6 nitrogen and oxygen atoms in total. The number of carbonyl (C=O) groups excluding carboxylic acids is 1. The minimum absolute atomic E-state index is 0.0863. The van der Waals surface area contributed by atoms with Crippen molar-refractivity contribution < 1.29 is 14.6 Å². The van der Waals surface area contributed by atoms with Gasteiger partial charge in [0, 0.05) is 0 Å². The van der Waals surface area contributed by atoms with Crippen molar-refractivity contribution in [2.75, 3.05) is 6.61 Å². The van der Waals surface area contributed by atoms with E-state index in [1.165, 1.54) is 0 Å². The Balaban J connectivity index is 2.36. The fourth-order valence-electron chi connectivity index (χ4n) is 2.81. The lowest BCUT2D eigenvalue weighted by Gasteiger charge is -2.29. The van der Waals surface area contributed by atoms with E-state index in [2.05, 4.69) is 10.3 Å². The van der Waals surface area contributed by atoms with Gasteiger partial charge in [0.2, 0.25) is 0 Å². The number of rotatable bonds is 4. The molecule has 0 amide bonds. The molecular formula is C14H23N3O3. The van der Waals surface area contributed by atoms with Crippen LogP contribution in [0.5, 0.6) is 0 Å².